The second-order valence-electron chi connectivity index (χ2n) is 11.0. The summed E-state index contributed by atoms with van der Waals surface area (Å²) in [5.41, 5.74) is 2.04. The summed E-state index contributed by atoms with van der Waals surface area (Å²) >= 11 is 0. The number of fused-ring (bicyclic) bond motifs is 1. The largest absolute Gasteiger partial charge is 0.363 e. The first-order chi connectivity index (χ1) is 18.9. The van der Waals surface area contributed by atoms with Crippen LogP contribution in [0.15, 0.2) is 42.7 Å². The number of nitrogens with zero attached hydrogens (tertiary/aromatic N) is 5. The van der Waals surface area contributed by atoms with Crippen LogP contribution in [0.5, 0.6) is 0 Å². The third kappa shape index (κ3) is 6.09. The summed E-state index contributed by atoms with van der Waals surface area (Å²) in [6.07, 6.45) is 5.60. The van der Waals surface area contributed by atoms with E-state index in [0.717, 1.165) is 52.1 Å². The lowest BCUT2D eigenvalue weighted by molar-refractivity contribution is -0.189. The maximum atomic E-state index is 13.9. The van der Waals surface area contributed by atoms with Crippen molar-refractivity contribution in [1.29, 1.82) is 5.26 Å². The maximum Gasteiger partial charge on any atom is 0.211 e. The SMILES string of the molecule is C[C@@H]1CN(Cc2cc(F)cc(C#N)c2)CC[C@H]1c1nccc2cnc(N[C@@H]3CCN(S(C)(=O)=O)CC3(O)O)cc12. The van der Waals surface area contributed by atoms with Crippen LogP contribution in [0.4, 0.5) is 10.2 Å². The topological polar surface area (TPSA) is 143 Å². The highest BCUT2D eigenvalue weighted by molar-refractivity contribution is 7.88. The van der Waals surface area contributed by atoms with E-state index in [2.05, 4.69) is 22.1 Å². The Kier molecular flexibility index (Phi) is 7.78. The molecule has 2 aliphatic rings. The van der Waals surface area contributed by atoms with Gasteiger partial charge >= 0.3 is 0 Å². The lowest BCUT2D eigenvalue weighted by Crippen LogP contribution is -2.60. The molecule has 2 aliphatic heterocycles. The van der Waals surface area contributed by atoms with Gasteiger partial charge in [-0.3, -0.25) is 9.88 Å². The summed E-state index contributed by atoms with van der Waals surface area (Å²) < 4.78 is 38.8. The molecule has 0 unspecified atom stereocenters. The summed E-state index contributed by atoms with van der Waals surface area (Å²) in [5, 5.41) is 35.3. The molecular weight excluding hydrogens is 535 g/mol. The predicted octanol–water partition coefficient (Wildman–Crippen LogP) is 2.39. The van der Waals surface area contributed by atoms with E-state index in [1.165, 1.54) is 12.1 Å². The normalized spacial score (nSPS) is 24.1. The minimum absolute atomic E-state index is 0.170. The van der Waals surface area contributed by atoms with Crippen molar-refractivity contribution < 1.29 is 23.0 Å². The molecule has 1 aromatic carbocycles. The molecule has 3 atom stereocenters. The Morgan fingerprint density at radius 2 is 2.00 bits per heavy atom. The number of aromatic nitrogens is 2. The highest BCUT2D eigenvalue weighted by Crippen LogP contribution is 2.36. The van der Waals surface area contributed by atoms with Crippen LogP contribution in [0.3, 0.4) is 0 Å². The number of aliphatic hydroxyl groups is 2. The van der Waals surface area contributed by atoms with Crippen molar-refractivity contribution in [3.8, 4) is 6.07 Å². The van der Waals surface area contributed by atoms with Gasteiger partial charge in [0.05, 0.1) is 36.2 Å². The molecule has 0 bridgehead atoms. The van der Waals surface area contributed by atoms with E-state index in [-0.39, 0.29) is 24.8 Å². The second kappa shape index (κ2) is 11.0. The molecule has 2 fully saturated rings. The molecule has 212 valence electrons. The first-order valence-electron chi connectivity index (χ1n) is 13.3. The van der Waals surface area contributed by atoms with E-state index in [1.54, 1.807) is 18.5 Å². The Labute approximate surface area is 233 Å². The fraction of sp³-hybridized carbons (Fsp3) is 0.464. The van der Waals surface area contributed by atoms with Gasteiger partial charge in [0.1, 0.15) is 11.6 Å². The lowest BCUT2D eigenvalue weighted by Gasteiger charge is -2.40. The molecule has 0 radical (unpaired) electrons. The van der Waals surface area contributed by atoms with Gasteiger partial charge in [-0.15, -0.1) is 0 Å². The zero-order chi connectivity index (χ0) is 28.7. The van der Waals surface area contributed by atoms with E-state index < -0.39 is 34.2 Å². The smallest absolute Gasteiger partial charge is 0.211 e. The number of nitrogens with one attached hydrogen (secondary N) is 1. The van der Waals surface area contributed by atoms with E-state index in [9.17, 15) is 23.0 Å². The van der Waals surface area contributed by atoms with Gasteiger partial charge in [-0.05, 0) is 61.2 Å². The minimum Gasteiger partial charge on any atom is -0.363 e. The van der Waals surface area contributed by atoms with Crippen molar-refractivity contribution in [2.75, 3.05) is 37.8 Å². The van der Waals surface area contributed by atoms with Gasteiger partial charge < -0.3 is 15.5 Å². The van der Waals surface area contributed by atoms with Crippen molar-refractivity contribution in [3.63, 3.8) is 0 Å². The zero-order valence-corrected chi connectivity index (χ0v) is 23.3. The number of rotatable bonds is 6. The van der Waals surface area contributed by atoms with Crippen LogP contribution in [0.25, 0.3) is 10.8 Å². The number of likely N-dealkylation sites (tertiary alicyclic amines) is 1. The van der Waals surface area contributed by atoms with Crippen LogP contribution in [0, 0.1) is 23.1 Å². The molecule has 3 aromatic rings. The Balaban J connectivity index is 1.32. The number of sulfonamides is 1. The molecule has 0 aliphatic carbocycles. The van der Waals surface area contributed by atoms with Crippen LogP contribution in [0.2, 0.25) is 0 Å². The van der Waals surface area contributed by atoms with Crippen LogP contribution < -0.4 is 5.32 Å². The standard InChI is InChI=1S/C28H33FN6O4S/c1-18-15-34(16-20-9-19(13-30)10-22(29)11-20)7-4-23(18)27-24-12-26(32-14-21(24)3-6-31-27)33-25-5-8-35(40(2,38)39)17-28(25,36)37/h3,6,9-12,14,18,23,25,36-37H,4-5,7-8,15-17H2,1-2H3,(H,32,33)/t18-,23-,25-/m1/s1. The number of anilines is 1. The molecule has 2 aromatic heterocycles. The van der Waals surface area contributed by atoms with Gasteiger partial charge in [-0.25, -0.2) is 17.8 Å². The fourth-order valence-corrected chi connectivity index (χ4v) is 6.77. The molecule has 3 N–H and O–H groups in total. The first-order valence-corrected chi connectivity index (χ1v) is 15.1. The number of β-amino-alcohol motifs (C(OH)–C–C–N with tert-alkyl or cyclic N) is 2. The highest BCUT2D eigenvalue weighted by Gasteiger charge is 2.43. The fourth-order valence-electron chi connectivity index (χ4n) is 5.91. The Hall–Kier alpha value is -3.21. The molecule has 0 saturated carbocycles. The summed E-state index contributed by atoms with van der Waals surface area (Å²) in [5.74, 6) is -1.78. The van der Waals surface area contributed by atoms with Gasteiger partial charge in [0.15, 0.2) is 5.79 Å². The van der Waals surface area contributed by atoms with Gasteiger partial charge in [-0.2, -0.15) is 9.57 Å². The molecule has 2 saturated heterocycles. The third-order valence-electron chi connectivity index (χ3n) is 7.94. The summed E-state index contributed by atoms with van der Waals surface area (Å²) in [7, 11) is -3.54. The molecule has 10 nitrogen and oxygen atoms in total. The van der Waals surface area contributed by atoms with Crippen LogP contribution >= 0.6 is 0 Å². The number of nitriles is 1. The number of benzene rings is 1. The zero-order valence-electron chi connectivity index (χ0n) is 22.5. The average Bonchev–Trinajstić information content (AvgIpc) is 2.88. The highest BCUT2D eigenvalue weighted by atomic mass is 32.2. The third-order valence-corrected chi connectivity index (χ3v) is 9.19. The van der Waals surface area contributed by atoms with E-state index in [4.69, 9.17) is 10.2 Å². The minimum atomic E-state index is -3.54. The molecular formula is C28H33FN6O4S. The van der Waals surface area contributed by atoms with Gasteiger partial charge in [0.25, 0.3) is 0 Å². The van der Waals surface area contributed by atoms with Gasteiger partial charge in [0, 0.05) is 48.7 Å². The maximum absolute atomic E-state index is 13.9. The number of halogens is 1. The van der Waals surface area contributed by atoms with Crippen LogP contribution in [-0.4, -0.2) is 82.1 Å². The predicted molar refractivity (Wildman–Crippen MR) is 148 cm³/mol. The monoisotopic (exact) mass is 568 g/mol. The lowest BCUT2D eigenvalue weighted by atomic mass is 9.82. The summed E-state index contributed by atoms with van der Waals surface area (Å²) in [6, 6.07) is 9.41. The summed E-state index contributed by atoms with van der Waals surface area (Å²) in [4.78, 5) is 11.5. The van der Waals surface area contributed by atoms with Crippen LogP contribution in [0.1, 0.15) is 42.5 Å². The van der Waals surface area contributed by atoms with E-state index in [1.807, 2.05) is 18.2 Å². The Morgan fingerprint density at radius 3 is 2.70 bits per heavy atom. The molecule has 12 heteroatoms. The number of pyridine rings is 2. The molecule has 4 heterocycles. The number of piperidine rings is 2. The van der Waals surface area contributed by atoms with Crippen molar-refractivity contribution in [2.45, 2.75) is 44.1 Å². The Bertz CT molecular complexity index is 1560. The van der Waals surface area contributed by atoms with Gasteiger partial charge in [0.2, 0.25) is 10.0 Å². The van der Waals surface area contributed by atoms with Crippen molar-refractivity contribution >= 4 is 26.6 Å². The van der Waals surface area contributed by atoms with Crippen molar-refractivity contribution in [1.82, 2.24) is 19.2 Å². The number of hydrogen-bond donors (Lipinski definition) is 3. The second-order valence-corrected chi connectivity index (χ2v) is 13.0. The van der Waals surface area contributed by atoms with E-state index >= 15 is 0 Å². The molecule has 0 spiro atoms. The Morgan fingerprint density at radius 1 is 1.20 bits per heavy atom. The van der Waals surface area contributed by atoms with E-state index in [0.29, 0.717) is 17.9 Å². The van der Waals surface area contributed by atoms with Gasteiger partial charge in [-0.1, -0.05) is 6.92 Å². The van der Waals surface area contributed by atoms with Crippen molar-refractivity contribution in [2.24, 2.45) is 5.92 Å². The van der Waals surface area contributed by atoms with Crippen molar-refractivity contribution in [3.05, 3.63) is 65.4 Å². The average molecular weight is 569 g/mol. The number of hydrogen-bond acceptors (Lipinski definition) is 9. The molecule has 40 heavy (non-hydrogen) atoms. The molecule has 0 amide bonds. The molecule has 5 rings (SSSR count). The summed E-state index contributed by atoms with van der Waals surface area (Å²) in [6.45, 7) is 4.06. The van der Waals surface area contributed by atoms with Crippen LogP contribution in [-0.2, 0) is 16.6 Å². The first kappa shape index (κ1) is 28.3. The quantitative estimate of drug-likeness (QED) is 0.382.